The molecule has 4 amide bonds. The summed E-state index contributed by atoms with van der Waals surface area (Å²) in [6, 6.07) is 18.0. The molecule has 6 aromatic rings. The monoisotopic (exact) mass is 878 g/mol. The molecule has 17 nitrogen and oxygen atoms in total. The molecule has 3 fully saturated rings. The third kappa shape index (κ3) is 8.47. The molecule has 0 aliphatic carbocycles. The summed E-state index contributed by atoms with van der Waals surface area (Å²) in [7, 11) is 0. The molecule has 0 radical (unpaired) electrons. The number of aromatic nitrogens is 6. The zero-order valence-electron chi connectivity index (χ0n) is 37.4. The number of carbonyl (C=O) groups excluding carboxylic acids is 3. The van der Waals surface area contributed by atoms with Crippen LogP contribution in [-0.2, 0) is 10.2 Å². The number of hydrogen-bond acceptors (Lipinski definition) is 13. The first-order valence-corrected chi connectivity index (χ1v) is 22.5. The number of aryl methyl sites for hydroxylation is 1. The number of piperidine rings is 1. The number of imide groups is 1. The van der Waals surface area contributed by atoms with Crippen molar-refractivity contribution in [3.63, 3.8) is 0 Å². The summed E-state index contributed by atoms with van der Waals surface area (Å²) in [6.45, 7) is 16.7. The highest BCUT2D eigenvalue weighted by molar-refractivity contribution is 6.05. The van der Waals surface area contributed by atoms with E-state index in [4.69, 9.17) is 19.2 Å². The van der Waals surface area contributed by atoms with Gasteiger partial charge in [0.15, 0.2) is 17.4 Å². The van der Waals surface area contributed by atoms with Crippen LogP contribution in [0.15, 0.2) is 71.6 Å². The summed E-state index contributed by atoms with van der Waals surface area (Å²) in [5.41, 5.74) is 7.85. The van der Waals surface area contributed by atoms with Gasteiger partial charge < -0.3 is 29.4 Å². The average Bonchev–Trinajstić information content (AvgIpc) is 3.99. The van der Waals surface area contributed by atoms with E-state index in [2.05, 4.69) is 75.8 Å². The lowest BCUT2D eigenvalue weighted by atomic mass is 9.95. The highest BCUT2D eigenvalue weighted by Gasteiger charge is 2.35. The number of urea groups is 1. The van der Waals surface area contributed by atoms with Gasteiger partial charge in [0.25, 0.3) is 0 Å². The van der Waals surface area contributed by atoms with Gasteiger partial charge in [-0.2, -0.15) is 4.98 Å². The standard InChI is InChI=1S/C48H54N12O5/c1-28-20-31(6-11-36(28)29(2)52-44(62)45-55-46(56-65-45)48(3,4)5)41-37-22-38(53-42(37)51-27-50-41)32-21-39-43(49-23-32)59-19-18-57(25-35(59)26-64-39)24-30-12-15-58(16-13-30)33-7-9-34(10-8-33)60-17-14-40(61)54-47(60)63/h6-11,20-23,27,29-30,35H,12-19,24-26H2,1-5H3,(H,52,62)(H,50,51,53)(H,54,61,63)/t29-,35+/m1/s1. The van der Waals surface area contributed by atoms with Gasteiger partial charge in [-0.15, -0.1) is 0 Å². The molecule has 4 aromatic heterocycles. The Hall–Kier alpha value is -6.88. The van der Waals surface area contributed by atoms with E-state index in [0.717, 1.165) is 120 Å². The molecule has 2 atom stereocenters. The van der Waals surface area contributed by atoms with Gasteiger partial charge in [-0.25, -0.2) is 19.7 Å². The number of rotatable bonds is 9. The summed E-state index contributed by atoms with van der Waals surface area (Å²) < 4.78 is 11.7. The summed E-state index contributed by atoms with van der Waals surface area (Å²) in [6.07, 6.45) is 6.06. The molecule has 8 heterocycles. The van der Waals surface area contributed by atoms with E-state index >= 15 is 0 Å². The number of ether oxygens (including phenoxy) is 1. The first kappa shape index (κ1) is 42.1. The molecule has 65 heavy (non-hydrogen) atoms. The van der Waals surface area contributed by atoms with Crippen molar-refractivity contribution in [1.29, 1.82) is 0 Å². The first-order valence-electron chi connectivity index (χ1n) is 22.5. The van der Waals surface area contributed by atoms with E-state index in [-0.39, 0.29) is 35.3 Å². The number of H-pyrrole nitrogens is 1. The van der Waals surface area contributed by atoms with Crippen LogP contribution in [0, 0.1) is 12.8 Å². The van der Waals surface area contributed by atoms with Gasteiger partial charge in [0.1, 0.15) is 18.6 Å². The van der Waals surface area contributed by atoms with Crippen LogP contribution in [0.1, 0.15) is 80.6 Å². The van der Waals surface area contributed by atoms with Crippen LogP contribution < -0.4 is 30.1 Å². The highest BCUT2D eigenvalue weighted by atomic mass is 16.5. The van der Waals surface area contributed by atoms with Gasteiger partial charge in [0, 0.05) is 97.4 Å². The summed E-state index contributed by atoms with van der Waals surface area (Å²) >= 11 is 0. The molecule has 4 aliphatic heterocycles. The molecule has 0 unspecified atom stereocenters. The normalized spacial score (nSPS) is 18.8. The summed E-state index contributed by atoms with van der Waals surface area (Å²) in [5.74, 6) is 2.09. The maximum absolute atomic E-state index is 13.0. The van der Waals surface area contributed by atoms with Crippen LogP contribution >= 0.6 is 0 Å². The zero-order chi connectivity index (χ0) is 45.0. The van der Waals surface area contributed by atoms with Crippen molar-refractivity contribution in [2.24, 2.45) is 5.92 Å². The van der Waals surface area contributed by atoms with Gasteiger partial charge in [0.05, 0.1) is 17.8 Å². The first-order chi connectivity index (χ1) is 31.3. The van der Waals surface area contributed by atoms with Gasteiger partial charge in [0.2, 0.25) is 5.91 Å². The number of nitrogens with one attached hydrogen (secondary N) is 3. The Bertz CT molecular complexity index is 2770. The third-order valence-corrected chi connectivity index (χ3v) is 13.2. The lowest BCUT2D eigenvalue weighted by Gasteiger charge is -2.46. The van der Waals surface area contributed by atoms with Crippen LogP contribution in [0.5, 0.6) is 5.75 Å². The molecule has 0 spiro atoms. The second-order valence-corrected chi connectivity index (χ2v) is 18.8. The number of carbonyl (C=O) groups is 3. The van der Waals surface area contributed by atoms with Gasteiger partial charge in [-0.1, -0.05) is 38.1 Å². The predicted molar refractivity (Wildman–Crippen MR) is 246 cm³/mol. The Morgan fingerprint density at radius 3 is 2.49 bits per heavy atom. The maximum atomic E-state index is 13.0. The second kappa shape index (κ2) is 16.9. The Morgan fingerprint density at radius 2 is 1.74 bits per heavy atom. The van der Waals surface area contributed by atoms with Gasteiger partial charge >= 0.3 is 17.8 Å². The number of aromatic amines is 1. The minimum atomic E-state index is -0.416. The number of fused-ring (bicyclic) bond motifs is 4. The fourth-order valence-electron chi connectivity index (χ4n) is 9.58. The number of pyridine rings is 1. The fourth-order valence-corrected chi connectivity index (χ4v) is 9.58. The largest absolute Gasteiger partial charge is 0.487 e. The topological polar surface area (TPSA) is 191 Å². The predicted octanol–water partition coefficient (Wildman–Crippen LogP) is 6.41. The Balaban J connectivity index is 0.750. The Morgan fingerprint density at radius 1 is 0.938 bits per heavy atom. The molecule has 336 valence electrons. The van der Waals surface area contributed by atoms with Crippen molar-refractivity contribution in [3.8, 4) is 28.3 Å². The smallest absolute Gasteiger partial charge is 0.328 e. The lowest BCUT2D eigenvalue weighted by molar-refractivity contribution is -0.120. The van der Waals surface area contributed by atoms with Crippen molar-refractivity contribution in [1.82, 2.24) is 45.6 Å². The summed E-state index contributed by atoms with van der Waals surface area (Å²) in [4.78, 5) is 67.9. The Kier molecular flexibility index (Phi) is 11.0. The van der Waals surface area contributed by atoms with Crippen molar-refractivity contribution < 1.29 is 23.6 Å². The van der Waals surface area contributed by atoms with E-state index in [0.29, 0.717) is 31.3 Å². The number of hydrogen-bond donors (Lipinski definition) is 3. The Labute approximate surface area is 377 Å². The summed E-state index contributed by atoms with van der Waals surface area (Å²) in [5, 5.41) is 10.3. The maximum Gasteiger partial charge on any atom is 0.328 e. The van der Waals surface area contributed by atoms with E-state index < -0.39 is 5.91 Å². The van der Waals surface area contributed by atoms with Crippen molar-refractivity contribution >= 4 is 46.1 Å². The van der Waals surface area contributed by atoms with Crippen LogP contribution in [-0.4, -0.2) is 111 Å². The van der Waals surface area contributed by atoms with E-state index in [1.54, 1.807) is 11.2 Å². The second-order valence-electron chi connectivity index (χ2n) is 18.8. The number of piperazine rings is 1. The van der Waals surface area contributed by atoms with E-state index in [1.165, 1.54) is 0 Å². The molecule has 0 saturated carbocycles. The molecule has 3 N–H and O–H groups in total. The van der Waals surface area contributed by atoms with Crippen LogP contribution in [0.4, 0.5) is 22.0 Å². The van der Waals surface area contributed by atoms with Crippen molar-refractivity contribution in [2.45, 2.75) is 71.4 Å². The molecule has 17 heteroatoms. The van der Waals surface area contributed by atoms with Crippen molar-refractivity contribution in [2.75, 3.05) is 67.1 Å². The number of anilines is 3. The quantitative estimate of drug-likeness (QED) is 0.145. The zero-order valence-corrected chi connectivity index (χ0v) is 37.4. The van der Waals surface area contributed by atoms with Crippen LogP contribution in [0.25, 0.3) is 33.5 Å². The number of benzene rings is 2. The number of nitrogens with zero attached hydrogens (tertiary/aromatic N) is 9. The minimum Gasteiger partial charge on any atom is -0.487 e. The van der Waals surface area contributed by atoms with Crippen LogP contribution in [0.2, 0.25) is 0 Å². The minimum absolute atomic E-state index is 0.0545. The number of amides is 4. The fraction of sp³-hybridized carbons (Fsp3) is 0.417. The molecule has 0 bridgehead atoms. The molecule has 2 aromatic carbocycles. The lowest BCUT2D eigenvalue weighted by Crippen LogP contribution is -2.58. The SMILES string of the molecule is Cc1cc(-c2ncnc3[nH]c(-c4cnc5c(c4)OC[C@@H]4CN(CC6CCN(c7ccc(N8CCC(=O)NC8=O)cc7)CC6)CCN54)cc23)ccc1[C@@H](C)NC(=O)c1nc(C(C)(C)C)no1. The van der Waals surface area contributed by atoms with Crippen molar-refractivity contribution in [3.05, 3.63) is 90.0 Å². The molecule has 10 rings (SSSR count). The van der Waals surface area contributed by atoms with E-state index in [9.17, 15) is 14.4 Å². The molecule has 4 aliphatic rings. The molecule has 3 saturated heterocycles. The molecular weight excluding hydrogens is 825 g/mol. The average molecular weight is 879 g/mol. The third-order valence-electron chi connectivity index (χ3n) is 13.2. The van der Waals surface area contributed by atoms with E-state index in [1.807, 2.05) is 65.1 Å². The van der Waals surface area contributed by atoms with Gasteiger partial charge in [-0.3, -0.25) is 24.7 Å². The highest BCUT2D eigenvalue weighted by Crippen LogP contribution is 2.38. The van der Waals surface area contributed by atoms with Crippen LogP contribution in [0.3, 0.4) is 0 Å². The van der Waals surface area contributed by atoms with Gasteiger partial charge in [-0.05, 0) is 86.2 Å². The molecular formula is C48H54N12O5.